The molecule has 1 aromatic heterocycles. The summed E-state index contributed by atoms with van der Waals surface area (Å²) >= 11 is 0. The highest BCUT2D eigenvalue weighted by Gasteiger charge is 2.21. The number of hydrogen-bond donors (Lipinski definition) is 1. The number of aryl methyl sites for hydroxylation is 1. The first-order valence-electron chi connectivity index (χ1n) is 9.25. The highest BCUT2D eigenvalue weighted by atomic mass is 16.2. The number of aromatic nitrogens is 1. The van der Waals surface area contributed by atoms with Gasteiger partial charge in [0, 0.05) is 44.5 Å². The second kappa shape index (κ2) is 8.32. The third kappa shape index (κ3) is 4.61. The highest BCUT2D eigenvalue weighted by Crippen LogP contribution is 2.18. The third-order valence-electron chi connectivity index (χ3n) is 5.16. The second-order valence-corrected chi connectivity index (χ2v) is 7.22. The number of likely N-dealkylation sites (tertiary alicyclic amines) is 1. The van der Waals surface area contributed by atoms with Crippen molar-refractivity contribution in [3.8, 4) is 0 Å². The van der Waals surface area contributed by atoms with Crippen molar-refractivity contribution < 1.29 is 4.79 Å². The van der Waals surface area contributed by atoms with Crippen molar-refractivity contribution in [3.05, 3.63) is 69.6 Å². The first-order chi connectivity index (χ1) is 12.5. The molecule has 1 amide bonds. The summed E-state index contributed by atoms with van der Waals surface area (Å²) in [5.41, 5.74) is 2.41. The molecule has 0 bridgehead atoms. The number of pyridine rings is 1. The molecule has 26 heavy (non-hydrogen) atoms. The van der Waals surface area contributed by atoms with E-state index in [4.69, 9.17) is 0 Å². The Hall–Kier alpha value is -2.40. The van der Waals surface area contributed by atoms with E-state index in [1.165, 1.54) is 11.6 Å². The Bertz CT molecular complexity index is 814. The molecule has 1 saturated heterocycles. The molecule has 1 aliphatic heterocycles. The molecule has 5 nitrogen and oxygen atoms in total. The monoisotopic (exact) mass is 353 g/mol. The lowest BCUT2D eigenvalue weighted by atomic mass is 9.97. The number of benzene rings is 1. The summed E-state index contributed by atoms with van der Waals surface area (Å²) in [7, 11) is 1.81. The van der Waals surface area contributed by atoms with Crippen LogP contribution in [-0.4, -0.2) is 35.0 Å². The van der Waals surface area contributed by atoms with E-state index in [-0.39, 0.29) is 11.3 Å². The van der Waals surface area contributed by atoms with Crippen molar-refractivity contribution in [2.24, 2.45) is 13.0 Å². The van der Waals surface area contributed by atoms with Crippen LogP contribution in [0.3, 0.4) is 0 Å². The van der Waals surface area contributed by atoms with E-state index in [0.29, 0.717) is 18.2 Å². The van der Waals surface area contributed by atoms with E-state index in [0.717, 1.165) is 38.2 Å². The number of rotatable bonds is 5. The summed E-state index contributed by atoms with van der Waals surface area (Å²) in [6.45, 7) is 5.53. The van der Waals surface area contributed by atoms with Crippen LogP contribution in [0.2, 0.25) is 0 Å². The lowest BCUT2D eigenvalue weighted by Gasteiger charge is -2.32. The first kappa shape index (κ1) is 18.4. The van der Waals surface area contributed by atoms with Crippen molar-refractivity contribution in [3.63, 3.8) is 0 Å². The molecular weight excluding hydrogens is 326 g/mol. The van der Waals surface area contributed by atoms with Crippen LogP contribution in [0.5, 0.6) is 0 Å². The van der Waals surface area contributed by atoms with Crippen molar-refractivity contribution in [2.75, 3.05) is 19.6 Å². The largest absolute Gasteiger partial charge is 0.350 e. The molecule has 1 aliphatic rings. The number of nitrogens with one attached hydrogen (secondary N) is 1. The van der Waals surface area contributed by atoms with Crippen molar-refractivity contribution >= 4 is 5.91 Å². The van der Waals surface area contributed by atoms with Crippen LogP contribution in [0.15, 0.2) is 47.3 Å². The van der Waals surface area contributed by atoms with Crippen LogP contribution in [0.1, 0.15) is 34.6 Å². The van der Waals surface area contributed by atoms with Crippen molar-refractivity contribution in [2.45, 2.75) is 26.3 Å². The third-order valence-corrected chi connectivity index (χ3v) is 5.16. The highest BCUT2D eigenvalue weighted by molar-refractivity contribution is 5.92. The Kier molecular flexibility index (Phi) is 5.89. The second-order valence-electron chi connectivity index (χ2n) is 7.22. The van der Waals surface area contributed by atoms with Gasteiger partial charge in [0.05, 0.1) is 0 Å². The van der Waals surface area contributed by atoms with Crippen LogP contribution in [0.4, 0.5) is 0 Å². The van der Waals surface area contributed by atoms with Gasteiger partial charge in [0.25, 0.3) is 5.91 Å². The number of hydrogen-bond acceptors (Lipinski definition) is 3. The van der Waals surface area contributed by atoms with Crippen molar-refractivity contribution in [1.82, 2.24) is 14.8 Å². The fraction of sp³-hybridized carbons (Fsp3) is 0.429. The molecule has 0 aliphatic carbocycles. The zero-order valence-electron chi connectivity index (χ0n) is 15.6. The standard InChI is InChI=1S/C21H27N3O2/c1-16-11-19(25)12-20(23(16)2)21(26)22-13-18-9-6-10-24(15-18)14-17-7-4-3-5-8-17/h3-5,7-8,11-12,18H,6,9-10,13-15H2,1-2H3,(H,22,26). The van der Waals surface area contributed by atoms with E-state index in [1.54, 1.807) is 10.6 Å². The SMILES string of the molecule is Cc1cc(=O)cc(C(=O)NCC2CCCN(Cc3ccccc3)C2)n1C. The maximum atomic E-state index is 12.5. The summed E-state index contributed by atoms with van der Waals surface area (Å²) in [5.74, 6) is 0.270. The fourth-order valence-corrected chi connectivity index (χ4v) is 3.61. The topological polar surface area (TPSA) is 54.3 Å². The van der Waals surface area contributed by atoms with Gasteiger partial charge in [-0.3, -0.25) is 14.5 Å². The fourth-order valence-electron chi connectivity index (χ4n) is 3.61. The number of nitrogens with zero attached hydrogens (tertiary/aromatic N) is 2. The van der Waals surface area contributed by atoms with Crippen LogP contribution in [-0.2, 0) is 13.6 Å². The average Bonchev–Trinajstić information content (AvgIpc) is 2.64. The predicted molar refractivity (Wildman–Crippen MR) is 103 cm³/mol. The van der Waals surface area contributed by atoms with Gasteiger partial charge in [0.2, 0.25) is 0 Å². The molecular formula is C21H27N3O2. The van der Waals surface area contributed by atoms with Gasteiger partial charge in [0.1, 0.15) is 5.69 Å². The Morgan fingerprint density at radius 2 is 2.00 bits per heavy atom. The minimum Gasteiger partial charge on any atom is -0.350 e. The molecule has 3 rings (SSSR count). The average molecular weight is 353 g/mol. The van der Waals surface area contributed by atoms with Gasteiger partial charge in [-0.05, 0) is 37.8 Å². The first-order valence-corrected chi connectivity index (χ1v) is 9.25. The lowest BCUT2D eigenvalue weighted by molar-refractivity contribution is 0.0921. The molecule has 2 heterocycles. The Morgan fingerprint density at radius 1 is 1.23 bits per heavy atom. The summed E-state index contributed by atoms with van der Waals surface area (Å²) in [5, 5.41) is 3.02. The molecule has 0 radical (unpaired) electrons. The molecule has 1 atom stereocenters. The molecule has 1 unspecified atom stereocenters. The number of carbonyl (C=O) groups is 1. The van der Waals surface area contributed by atoms with Crippen LogP contribution in [0.25, 0.3) is 0 Å². The molecule has 1 aromatic carbocycles. The van der Waals surface area contributed by atoms with Gasteiger partial charge < -0.3 is 9.88 Å². The van der Waals surface area contributed by atoms with Gasteiger partial charge in [-0.2, -0.15) is 0 Å². The predicted octanol–water partition coefficient (Wildman–Crippen LogP) is 2.34. The van der Waals surface area contributed by atoms with E-state index < -0.39 is 0 Å². The Morgan fingerprint density at radius 3 is 2.77 bits per heavy atom. The van der Waals surface area contributed by atoms with Crippen LogP contribution >= 0.6 is 0 Å². The van der Waals surface area contributed by atoms with Gasteiger partial charge in [-0.25, -0.2) is 0 Å². The molecule has 138 valence electrons. The van der Waals surface area contributed by atoms with Gasteiger partial charge in [0.15, 0.2) is 5.43 Å². The Labute approximate surface area is 154 Å². The maximum absolute atomic E-state index is 12.5. The van der Waals surface area contributed by atoms with Gasteiger partial charge in [-0.1, -0.05) is 30.3 Å². The summed E-state index contributed by atoms with van der Waals surface area (Å²) in [6.07, 6.45) is 2.27. The summed E-state index contributed by atoms with van der Waals surface area (Å²) in [6, 6.07) is 13.4. The van der Waals surface area contributed by atoms with E-state index in [9.17, 15) is 9.59 Å². The minimum absolute atomic E-state index is 0.127. The van der Waals surface area contributed by atoms with Crippen LogP contribution in [0, 0.1) is 12.8 Å². The molecule has 5 heteroatoms. The van der Waals surface area contributed by atoms with E-state index >= 15 is 0 Å². The molecule has 1 fully saturated rings. The van der Waals surface area contributed by atoms with Gasteiger partial charge in [-0.15, -0.1) is 0 Å². The maximum Gasteiger partial charge on any atom is 0.268 e. The minimum atomic E-state index is -0.173. The molecule has 0 spiro atoms. The Balaban J connectivity index is 1.56. The summed E-state index contributed by atoms with van der Waals surface area (Å²) < 4.78 is 1.76. The smallest absolute Gasteiger partial charge is 0.268 e. The van der Waals surface area contributed by atoms with Crippen molar-refractivity contribution in [1.29, 1.82) is 0 Å². The molecule has 0 saturated carbocycles. The lowest BCUT2D eigenvalue weighted by Crippen LogP contribution is -2.41. The molecule has 2 aromatic rings. The van der Waals surface area contributed by atoms with Gasteiger partial charge >= 0.3 is 0 Å². The summed E-state index contributed by atoms with van der Waals surface area (Å²) in [4.78, 5) is 26.6. The quantitative estimate of drug-likeness (QED) is 0.898. The zero-order valence-corrected chi connectivity index (χ0v) is 15.6. The van der Waals surface area contributed by atoms with Crippen LogP contribution < -0.4 is 10.7 Å². The molecule has 1 N–H and O–H groups in total. The van der Waals surface area contributed by atoms with E-state index in [2.05, 4.69) is 34.5 Å². The van der Waals surface area contributed by atoms with E-state index in [1.807, 2.05) is 20.0 Å². The number of piperidine rings is 1. The zero-order chi connectivity index (χ0) is 18.5. The normalized spacial score (nSPS) is 17.8. The number of amides is 1. The number of carbonyl (C=O) groups excluding carboxylic acids is 1.